The Morgan fingerprint density at radius 3 is 2.74 bits per heavy atom. The van der Waals surface area contributed by atoms with Crippen molar-refractivity contribution in [2.45, 2.75) is 12.8 Å². The first-order valence-electron chi connectivity index (χ1n) is 6.47. The lowest BCUT2D eigenvalue weighted by Gasteiger charge is -2.28. The predicted octanol–water partition coefficient (Wildman–Crippen LogP) is 2.41. The Morgan fingerprint density at radius 1 is 1.21 bits per heavy atom. The molecule has 98 valence electrons. The van der Waals surface area contributed by atoms with E-state index in [1.165, 1.54) is 0 Å². The molecule has 0 N–H and O–H groups in total. The van der Waals surface area contributed by atoms with Crippen LogP contribution < -0.4 is 9.64 Å². The molecule has 1 aliphatic rings. The number of Topliss-reactive ketones (excluding diaryl/α,β-unsaturated/α-hetero) is 1. The fraction of sp³-hybridized carbons (Fsp3) is 0.333. The molecule has 0 aliphatic carbocycles. The number of rotatable bonds is 2. The summed E-state index contributed by atoms with van der Waals surface area (Å²) in [6.07, 6.45) is 3.05. The summed E-state index contributed by atoms with van der Waals surface area (Å²) in [7, 11) is 1.66. The van der Waals surface area contributed by atoms with E-state index in [2.05, 4.69) is 9.88 Å². The summed E-state index contributed by atoms with van der Waals surface area (Å²) in [5.41, 5.74) is 0. The van der Waals surface area contributed by atoms with Gasteiger partial charge < -0.3 is 9.64 Å². The van der Waals surface area contributed by atoms with Gasteiger partial charge in [-0.1, -0.05) is 6.07 Å². The molecule has 1 aromatic carbocycles. The fourth-order valence-corrected chi connectivity index (χ4v) is 2.48. The highest BCUT2D eigenvalue weighted by Crippen LogP contribution is 2.29. The number of hydrogen-bond donors (Lipinski definition) is 0. The summed E-state index contributed by atoms with van der Waals surface area (Å²) >= 11 is 0. The van der Waals surface area contributed by atoms with Gasteiger partial charge in [0.05, 0.1) is 7.11 Å². The second kappa shape index (κ2) is 4.88. The monoisotopic (exact) mass is 256 g/mol. The largest absolute Gasteiger partial charge is 0.497 e. The first-order chi connectivity index (χ1) is 9.28. The Kier molecular flexibility index (Phi) is 3.07. The van der Waals surface area contributed by atoms with Crippen molar-refractivity contribution in [2.24, 2.45) is 0 Å². The second-order valence-electron chi connectivity index (χ2n) is 4.75. The summed E-state index contributed by atoms with van der Waals surface area (Å²) < 4.78 is 5.28. The van der Waals surface area contributed by atoms with E-state index in [1.807, 2.05) is 30.5 Å². The number of ketones is 1. The summed E-state index contributed by atoms with van der Waals surface area (Å²) in [4.78, 5) is 18.0. The summed E-state index contributed by atoms with van der Waals surface area (Å²) in [6, 6.07) is 7.99. The van der Waals surface area contributed by atoms with Crippen molar-refractivity contribution < 1.29 is 9.53 Å². The van der Waals surface area contributed by atoms with Gasteiger partial charge in [0.15, 0.2) is 0 Å². The number of hydrogen-bond acceptors (Lipinski definition) is 4. The molecule has 1 saturated heterocycles. The zero-order chi connectivity index (χ0) is 13.2. The molecule has 0 spiro atoms. The van der Waals surface area contributed by atoms with Crippen LogP contribution in [0.2, 0.25) is 0 Å². The van der Waals surface area contributed by atoms with E-state index < -0.39 is 0 Å². The van der Waals surface area contributed by atoms with Crippen molar-refractivity contribution in [1.82, 2.24) is 4.98 Å². The van der Waals surface area contributed by atoms with Crippen LogP contribution in [0.4, 0.5) is 5.82 Å². The smallest absolute Gasteiger partial charge is 0.136 e. The first-order valence-corrected chi connectivity index (χ1v) is 6.47. The number of methoxy groups -OCH3 is 1. The van der Waals surface area contributed by atoms with Gasteiger partial charge >= 0.3 is 0 Å². The second-order valence-corrected chi connectivity index (χ2v) is 4.75. The molecule has 0 unspecified atom stereocenters. The number of carbonyl (C=O) groups is 1. The van der Waals surface area contributed by atoms with E-state index >= 15 is 0 Å². The highest BCUT2D eigenvalue weighted by atomic mass is 16.5. The Hall–Kier alpha value is -2.10. The van der Waals surface area contributed by atoms with Gasteiger partial charge in [0.2, 0.25) is 0 Å². The molecular formula is C15H16N2O2. The molecule has 2 heterocycles. The maximum absolute atomic E-state index is 11.3. The minimum Gasteiger partial charge on any atom is -0.497 e. The van der Waals surface area contributed by atoms with Crippen molar-refractivity contribution in [1.29, 1.82) is 0 Å². The third-order valence-corrected chi connectivity index (χ3v) is 3.57. The lowest BCUT2D eigenvalue weighted by Crippen LogP contribution is -2.34. The van der Waals surface area contributed by atoms with Crippen molar-refractivity contribution in [3.8, 4) is 5.75 Å². The molecule has 1 fully saturated rings. The standard InChI is InChI=1S/C15H16N2O2/c1-19-13-3-2-11-4-7-16-15(14(11)10-13)17-8-5-12(18)6-9-17/h2-4,7,10H,5-6,8-9H2,1H3. The molecule has 0 atom stereocenters. The Bertz CT molecular complexity index is 615. The van der Waals surface area contributed by atoms with E-state index in [-0.39, 0.29) is 0 Å². The van der Waals surface area contributed by atoms with Crippen LogP contribution in [0.25, 0.3) is 10.8 Å². The number of piperidine rings is 1. The maximum atomic E-state index is 11.3. The van der Waals surface area contributed by atoms with Gasteiger partial charge in [-0.2, -0.15) is 0 Å². The number of aromatic nitrogens is 1. The number of benzene rings is 1. The maximum Gasteiger partial charge on any atom is 0.136 e. The number of nitrogens with zero attached hydrogens (tertiary/aromatic N) is 2. The number of pyridine rings is 1. The van der Waals surface area contributed by atoms with Crippen LogP contribution in [0.1, 0.15) is 12.8 Å². The third kappa shape index (κ3) is 2.26. The highest BCUT2D eigenvalue weighted by Gasteiger charge is 2.19. The lowest BCUT2D eigenvalue weighted by atomic mass is 10.1. The van der Waals surface area contributed by atoms with Crippen LogP contribution in [0.5, 0.6) is 5.75 Å². The molecule has 4 nitrogen and oxygen atoms in total. The van der Waals surface area contributed by atoms with Crippen LogP contribution >= 0.6 is 0 Å². The molecule has 2 aromatic rings. The SMILES string of the molecule is COc1ccc2ccnc(N3CCC(=O)CC3)c2c1. The molecule has 0 saturated carbocycles. The van der Waals surface area contributed by atoms with Crippen LogP contribution in [-0.4, -0.2) is 31.0 Å². The van der Waals surface area contributed by atoms with Crippen LogP contribution in [0, 0.1) is 0 Å². The van der Waals surface area contributed by atoms with Crippen molar-refractivity contribution in [2.75, 3.05) is 25.1 Å². The molecule has 3 rings (SSSR count). The number of carbonyl (C=O) groups excluding carboxylic acids is 1. The van der Waals surface area contributed by atoms with Gasteiger partial charge in [0.1, 0.15) is 17.4 Å². The van der Waals surface area contributed by atoms with Gasteiger partial charge in [-0.05, 0) is 23.6 Å². The summed E-state index contributed by atoms with van der Waals surface area (Å²) in [5.74, 6) is 2.12. The van der Waals surface area contributed by atoms with E-state index in [9.17, 15) is 4.79 Å². The van der Waals surface area contributed by atoms with E-state index in [1.54, 1.807) is 7.11 Å². The van der Waals surface area contributed by atoms with Crippen molar-refractivity contribution in [3.63, 3.8) is 0 Å². The van der Waals surface area contributed by atoms with Gasteiger partial charge in [0.25, 0.3) is 0 Å². The molecule has 1 aliphatic heterocycles. The topological polar surface area (TPSA) is 42.4 Å². The minimum atomic E-state index is 0.342. The van der Waals surface area contributed by atoms with E-state index in [0.717, 1.165) is 35.4 Å². The average Bonchev–Trinajstić information content (AvgIpc) is 2.47. The van der Waals surface area contributed by atoms with Gasteiger partial charge in [-0.15, -0.1) is 0 Å². The lowest BCUT2D eigenvalue weighted by molar-refractivity contribution is -0.119. The summed E-state index contributed by atoms with van der Waals surface area (Å²) in [5, 5.41) is 2.22. The Balaban J connectivity index is 2.04. The van der Waals surface area contributed by atoms with Crippen molar-refractivity contribution in [3.05, 3.63) is 30.5 Å². The molecule has 0 radical (unpaired) electrons. The molecule has 0 amide bonds. The zero-order valence-corrected chi connectivity index (χ0v) is 10.9. The van der Waals surface area contributed by atoms with E-state index in [4.69, 9.17) is 4.74 Å². The van der Waals surface area contributed by atoms with Crippen LogP contribution in [-0.2, 0) is 4.79 Å². The number of anilines is 1. The van der Waals surface area contributed by atoms with Gasteiger partial charge in [-0.25, -0.2) is 4.98 Å². The third-order valence-electron chi connectivity index (χ3n) is 3.57. The molecular weight excluding hydrogens is 240 g/mol. The molecule has 1 aromatic heterocycles. The highest BCUT2D eigenvalue weighted by molar-refractivity contribution is 5.94. The number of ether oxygens (including phenoxy) is 1. The normalized spacial score (nSPS) is 15.8. The van der Waals surface area contributed by atoms with Gasteiger partial charge in [-0.3, -0.25) is 4.79 Å². The van der Waals surface area contributed by atoms with Crippen LogP contribution in [0.3, 0.4) is 0 Å². The first kappa shape index (κ1) is 12.0. The molecule has 4 heteroatoms. The zero-order valence-electron chi connectivity index (χ0n) is 10.9. The minimum absolute atomic E-state index is 0.342. The van der Waals surface area contributed by atoms with Crippen molar-refractivity contribution >= 4 is 22.4 Å². The predicted molar refractivity (Wildman–Crippen MR) is 74.7 cm³/mol. The fourth-order valence-electron chi connectivity index (χ4n) is 2.48. The summed E-state index contributed by atoms with van der Waals surface area (Å²) in [6.45, 7) is 1.50. The van der Waals surface area contributed by atoms with E-state index in [0.29, 0.717) is 18.6 Å². The Morgan fingerprint density at radius 2 is 2.00 bits per heavy atom. The quantitative estimate of drug-likeness (QED) is 0.827. The van der Waals surface area contributed by atoms with Gasteiger partial charge in [0, 0.05) is 37.5 Å². The molecule has 0 bridgehead atoms. The Labute approximate surface area is 112 Å². The van der Waals surface area contributed by atoms with Crippen LogP contribution in [0.15, 0.2) is 30.5 Å². The molecule has 19 heavy (non-hydrogen) atoms. The number of fused-ring (bicyclic) bond motifs is 1. The average molecular weight is 256 g/mol.